The molecule has 0 unspecified atom stereocenters. The highest BCUT2D eigenvalue weighted by Gasteiger charge is 2.08. The summed E-state index contributed by atoms with van der Waals surface area (Å²) in [5.74, 6) is 1.73. The molecule has 0 aliphatic rings. The van der Waals surface area contributed by atoms with Crippen LogP contribution in [0.3, 0.4) is 0 Å². The molecule has 2 rings (SSSR count). The maximum atomic E-state index is 6.02. The molecule has 0 radical (unpaired) electrons. The van der Waals surface area contributed by atoms with Crippen molar-refractivity contribution in [1.29, 1.82) is 0 Å². The fourth-order valence-corrected chi connectivity index (χ4v) is 2.53. The maximum absolute atomic E-state index is 6.02. The molecule has 0 aliphatic heterocycles. The van der Waals surface area contributed by atoms with Crippen molar-refractivity contribution in [3.8, 4) is 11.5 Å². The largest absolute Gasteiger partial charge is 0.490 e. The highest BCUT2D eigenvalue weighted by molar-refractivity contribution is 5.96. The number of aryl methyl sites for hydroxylation is 2. The summed E-state index contributed by atoms with van der Waals surface area (Å²) in [6.45, 7) is 12.9. The molecule has 0 amide bonds. The van der Waals surface area contributed by atoms with Crippen molar-refractivity contribution >= 4 is 5.71 Å². The summed E-state index contributed by atoms with van der Waals surface area (Å²) < 4.78 is 11.7. The molecule has 1 aromatic carbocycles. The van der Waals surface area contributed by atoms with E-state index in [0.717, 1.165) is 39.6 Å². The van der Waals surface area contributed by atoms with Gasteiger partial charge in [-0.25, -0.2) is 0 Å². The molecule has 0 saturated heterocycles. The van der Waals surface area contributed by atoms with Gasteiger partial charge in [0.15, 0.2) is 0 Å². The van der Waals surface area contributed by atoms with E-state index in [-0.39, 0.29) is 0 Å². The fourth-order valence-electron chi connectivity index (χ4n) is 2.53. The van der Waals surface area contributed by atoms with Crippen LogP contribution in [-0.4, -0.2) is 24.4 Å². The minimum absolute atomic E-state index is 0.453. The molecule has 5 nitrogen and oxygen atoms in total. The molecule has 5 heteroatoms. The van der Waals surface area contributed by atoms with E-state index in [4.69, 9.17) is 14.3 Å². The number of aromatic nitrogens is 1. The minimum Gasteiger partial charge on any atom is -0.490 e. The molecule has 152 valence electrons. The van der Waals surface area contributed by atoms with Gasteiger partial charge in [0.05, 0.1) is 5.69 Å². The quantitative estimate of drug-likeness (QED) is 0.336. The first-order valence-electron chi connectivity index (χ1n) is 9.56. The minimum atomic E-state index is 0.453. The number of hydrogen-bond donors (Lipinski definition) is 0. The lowest BCUT2D eigenvalue weighted by atomic mass is 10.1. The second-order valence-electron chi connectivity index (χ2n) is 5.97. The summed E-state index contributed by atoms with van der Waals surface area (Å²) in [5, 5.41) is 3.88. The van der Waals surface area contributed by atoms with Crippen LogP contribution in [0.1, 0.15) is 50.1 Å². The van der Waals surface area contributed by atoms with Crippen LogP contribution in [0.4, 0.5) is 0 Å². The summed E-state index contributed by atoms with van der Waals surface area (Å²) in [6, 6.07) is 7.89. The predicted molar refractivity (Wildman–Crippen MR) is 115 cm³/mol. The lowest BCUT2D eigenvalue weighted by Gasteiger charge is -2.14. The van der Waals surface area contributed by atoms with Crippen LogP contribution in [-0.2, 0) is 11.4 Å². The van der Waals surface area contributed by atoms with E-state index in [2.05, 4.69) is 10.1 Å². The Bertz CT molecular complexity index is 758. The topological polar surface area (TPSA) is 52.9 Å². The molecule has 0 aliphatic carbocycles. The second-order valence-corrected chi connectivity index (χ2v) is 5.97. The van der Waals surface area contributed by atoms with Gasteiger partial charge >= 0.3 is 0 Å². The average Bonchev–Trinajstić information content (AvgIpc) is 2.70. The molecule has 0 N–H and O–H groups in total. The summed E-state index contributed by atoms with van der Waals surface area (Å²) in [6.07, 6.45) is 5.74. The lowest BCUT2D eigenvalue weighted by Crippen LogP contribution is -2.03. The first kappa shape index (κ1) is 23.2. The highest BCUT2D eigenvalue weighted by atomic mass is 16.6. The van der Waals surface area contributed by atoms with E-state index in [1.165, 1.54) is 7.11 Å². The highest BCUT2D eigenvalue weighted by Crippen LogP contribution is 2.29. The van der Waals surface area contributed by atoms with E-state index in [0.29, 0.717) is 13.2 Å². The van der Waals surface area contributed by atoms with E-state index >= 15 is 0 Å². The smallest absolute Gasteiger partial charge is 0.125 e. The van der Waals surface area contributed by atoms with Crippen molar-refractivity contribution < 1.29 is 14.3 Å². The Morgan fingerprint density at radius 2 is 1.79 bits per heavy atom. The summed E-state index contributed by atoms with van der Waals surface area (Å²) >= 11 is 0. The maximum Gasteiger partial charge on any atom is 0.125 e. The lowest BCUT2D eigenvalue weighted by molar-refractivity contribution is 0.213. The number of rotatable bonds is 8. The van der Waals surface area contributed by atoms with Crippen LogP contribution in [0, 0.1) is 13.8 Å². The Labute approximate surface area is 169 Å². The van der Waals surface area contributed by atoms with Crippen molar-refractivity contribution in [2.24, 2.45) is 5.16 Å². The Kier molecular flexibility index (Phi) is 10.4. The van der Waals surface area contributed by atoms with Crippen molar-refractivity contribution in [3.05, 3.63) is 65.0 Å². The van der Waals surface area contributed by atoms with Gasteiger partial charge in [0.25, 0.3) is 0 Å². The molecular weight excluding hydrogens is 352 g/mol. The van der Waals surface area contributed by atoms with Gasteiger partial charge in [-0.15, -0.1) is 0 Å². The zero-order valence-corrected chi connectivity index (χ0v) is 18.1. The van der Waals surface area contributed by atoms with Gasteiger partial charge in [0.2, 0.25) is 0 Å². The third kappa shape index (κ3) is 7.06. The average molecular weight is 385 g/mol. The van der Waals surface area contributed by atoms with Crippen molar-refractivity contribution in [2.45, 2.75) is 48.1 Å². The third-order valence-electron chi connectivity index (χ3n) is 3.82. The van der Waals surface area contributed by atoms with Gasteiger partial charge in [0.1, 0.15) is 37.5 Å². The number of oxime groups is 1. The molecule has 0 spiro atoms. The zero-order chi connectivity index (χ0) is 20.9. The van der Waals surface area contributed by atoms with E-state index < -0.39 is 0 Å². The zero-order valence-electron chi connectivity index (χ0n) is 18.1. The molecular formula is C23H32N2O3. The molecule has 0 fully saturated rings. The fraction of sp³-hybridized carbons (Fsp3) is 0.391. The van der Waals surface area contributed by atoms with E-state index in [1.54, 1.807) is 6.20 Å². The Morgan fingerprint density at radius 3 is 2.32 bits per heavy atom. The van der Waals surface area contributed by atoms with Crippen molar-refractivity contribution in [3.63, 3.8) is 0 Å². The summed E-state index contributed by atoms with van der Waals surface area (Å²) in [5.41, 5.74) is 4.61. The van der Waals surface area contributed by atoms with Gasteiger partial charge in [0, 0.05) is 11.8 Å². The number of benzene rings is 1. The first-order valence-corrected chi connectivity index (χ1v) is 9.56. The van der Waals surface area contributed by atoms with Crippen LogP contribution in [0.25, 0.3) is 0 Å². The van der Waals surface area contributed by atoms with Gasteiger partial charge < -0.3 is 14.3 Å². The molecule has 1 heterocycles. The van der Waals surface area contributed by atoms with Crippen LogP contribution < -0.4 is 9.47 Å². The Morgan fingerprint density at radius 1 is 1.11 bits per heavy atom. The van der Waals surface area contributed by atoms with Crippen LogP contribution in [0.2, 0.25) is 0 Å². The number of hydrogen-bond acceptors (Lipinski definition) is 5. The number of nitrogens with zero attached hydrogens (tertiary/aromatic N) is 2. The summed E-state index contributed by atoms with van der Waals surface area (Å²) in [7, 11) is 1.52. The van der Waals surface area contributed by atoms with E-state index in [1.807, 2.05) is 78.0 Å². The summed E-state index contributed by atoms with van der Waals surface area (Å²) in [4.78, 5) is 9.16. The monoisotopic (exact) mass is 384 g/mol. The molecule has 2 aromatic rings. The molecule has 0 saturated carbocycles. The number of pyridine rings is 1. The Balaban J connectivity index is 0.00000190. The van der Waals surface area contributed by atoms with Gasteiger partial charge in [-0.05, 0) is 57.0 Å². The van der Waals surface area contributed by atoms with Gasteiger partial charge in [-0.3, -0.25) is 4.98 Å². The van der Waals surface area contributed by atoms with Crippen LogP contribution >= 0.6 is 0 Å². The molecule has 0 bridgehead atoms. The SMILES string of the molecule is C/C=C/COc1cc(C)c(OCc2ccc(C(C)=NOC)nc2)c(C)c1.CC. The molecule has 1 aromatic heterocycles. The molecule has 0 atom stereocenters. The van der Waals surface area contributed by atoms with Crippen molar-refractivity contribution in [1.82, 2.24) is 4.98 Å². The first-order chi connectivity index (χ1) is 13.5. The van der Waals surface area contributed by atoms with Crippen LogP contribution in [0.15, 0.2) is 47.8 Å². The normalized spacial score (nSPS) is 11.0. The van der Waals surface area contributed by atoms with Gasteiger partial charge in [-0.2, -0.15) is 0 Å². The van der Waals surface area contributed by atoms with Crippen molar-refractivity contribution in [2.75, 3.05) is 13.7 Å². The standard InChI is InChI=1S/C21H26N2O3.C2H6/c1-6-7-10-25-19-11-15(2)21(16(3)12-19)26-14-18-8-9-20(22-13-18)17(4)23-24-5;1-2/h6-9,11-13H,10,14H2,1-5H3;1-2H3/b7-6+,23-17?;. The molecule has 28 heavy (non-hydrogen) atoms. The van der Waals surface area contributed by atoms with Gasteiger partial charge in [-0.1, -0.05) is 37.2 Å². The Hall–Kier alpha value is -2.82. The number of ether oxygens (including phenoxy) is 2. The predicted octanol–water partition coefficient (Wildman–Crippen LogP) is 5.63. The number of allylic oxidation sites excluding steroid dienone is 1. The van der Waals surface area contributed by atoms with E-state index in [9.17, 15) is 0 Å². The second kappa shape index (κ2) is 12.5. The third-order valence-corrected chi connectivity index (χ3v) is 3.82. The van der Waals surface area contributed by atoms with Crippen LogP contribution in [0.5, 0.6) is 11.5 Å².